The molecule has 3 atom stereocenters. The monoisotopic (exact) mass is 466 g/mol. The van der Waals surface area contributed by atoms with Gasteiger partial charge in [0.15, 0.2) is 6.10 Å². The lowest BCUT2D eigenvalue weighted by atomic mass is 9.91. The zero-order chi connectivity index (χ0) is 24.2. The van der Waals surface area contributed by atoms with E-state index < -0.39 is 30.3 Å². The maximum Gasteiger partial charge on any atom is 0.573 e. The Labute approximate surface area is 189 Å². The van der Waals surface area contributed by atoms with E-state index in [9.17, 15) is 33.0 Å². The van der Waals surface area contributed by atoms with Crippen LogP contribution in [0.2, 0.25) is 0 Å². The number of benzene rings is 2. The molecule has 1 heterocycles. The first kappa shape index (κ1) is 24.4. The van der Waals surface area contributed by atoms with Gasteiger partial charge in [0.2, 0.25) is 5.91 Å². The Hall–Kier alpha value is -3.27. The molecule has 0 unspecified atom stereocenters. The number of rotatable bonds is 7. The van der Waals surface area contributed by atoms with Crippen LogP contribution in [-0.2, 0) is 16.0 Å². The van der Waals surface area contributed by atoms with Gasteiger partial charge in [0.05, 0.1) is 5.92 Å². The number of ether oxygens (including phenoxy) is 1. The number of carboxylic acid groups (broad SMARTS) is 1. The van der Waals surface area contributed by atoms with E-state index in [0.717, 1.165) is 5.56 Å². The number of anilines is 1. The first-order valence-corrected chi connectivity index (χ1v) is 10.4. The molecule has 0 radical (unpaired) electrons. The summed E-state index contributed by atoms with van der Waals surface area (Å²) in [4.78, 5) is 28.2. The van der Waals surface area contributed by atoms with Crippen molar-refractivity contribution >= 4 is 17.6 Å². The molecule has 1 aliphatic rings. The Kier molecular flexibility index (Phi) is 7.47. The average molecular weight is 466 g/mol. The van der Waals surface area contributed by atoms with Gasteiger partial charge in [-0.15, -0.1) is 13.2 Å². The lowest BCUT2D eigenvalue weighted by Gasteiger charge is -2.42. The molecule has 10 heteroatoms. The van der Waals surface area contributed by atoms with Gasteiger partial charge in [-0.2, -0.15) is 0 Å². The van der Waals surface area contributed by atoms with Crippen LogP contribution in [0.25, 0.3) is 0 Å². The first-order valence-electron chi connectivity index (χ1n) is 10.4. The fourth-order valence-electron chi connectivity index (χ4n) is 3.97. The molecule has 0 spiro atoms. The van der Waals surface area contributed by atoms with Crippen LogP contribution in [0.4, 0.5) is 18.9 Å². The van der Waals surface area contributed by atoms with Gasteiger partial charge in [-0.05, 0) is 43.2 Å². The molecule has 0 saturated carbocycles. The molecule has 1 amide bonds. The first-order chi connectivity index (χ1) is 15.5. The van der Waals surface area contributed by atoms with Gasteiger partial charge in [0.25, 0.3) is 0 Å². The minimum atomic E-state index is -4.77. The molecule has 1 saturated heterocycles. The molecule has 2 aromatic carbocycles. The highest BCUT2D eigenvalue weighted by molar-refractivity contribution is 5.86. The Morgan fingerprint density at radius 2 is 1.73 bits per heavy atom. The summed E-state index contributed by atoms with van der Waals surface area (Å²) in [5.41, 5.74) is 1.42. The predicted octanol–water partition coefficient (Wildman–Crippen LogP) is 2.93. The molecule has 7 nitrogen and oxygen atoms in total. The van der Waals surface area contributed by atoms with Gasteiger partial charge in [0, 0.05) is 31.4 Å². The third-order valence-electron chi connectivity index (χ3n) is 5.60. The number of halogens is 3. The van der Waals surface area contributed by atoms with Crippen LogP contribution in [0, 0.1) is 5.92 Å². The number of aliphatic hydroxyl groups excluding tert-OH is 1. The standard InChI is InChI=1S/C23H25F3N2O5/c1-15-14-27(17-7-9-18(10-8-17)33-23(24,25)26)11-12-28(15)21(30)19(20(29)22(31)32)13-16-5-3-2-4-6-16/h2-10,15,19-20,29H,11-14H2,1H3,(H,31,32)/t15-,19+,20+/m1/s1. The molecular formula is C23H25F3N2O5. The maximum absolute atomic E-state index is 13.2. The summed E-state index contributed by atoms with van der Waals surface area (Å²) >= 11 is 0. The Morgan fingerprint density at radius 3 is 2.27 bits per heavy atom. The highest BCUT2D eigenvalue weighted by Gasteiger charge is 2.38. The Balaban J connectivity index is 1.69. The third kappa shape index (κ3) is 6.38. The number of alkyl halides is 3. The van der Waals surface area contributed by atoms with Crippen LogP contribution in [0.5, 0.6) is 5.75 Å². The summed E-state index contributed by atoms with van der Waals surface area (Å²) in [6.45, 7) is 2.87. The van der Waals surface area contributed by atoms with E-state index in [2.05, 4.69) is 4.74 Å². The van der Waals surface area contributed by atoms with Gasteiger partial charge >= 0.3 is 12.3 Å². The number of carbonyl (C=O) groups is 2. The van der Waals surface area contributed by atoms with Crippen molar-refractivity contribution in [3.8, 4) is 5.75 Å². The number of carboxylic acids is 1. The van der Waals surface area contributed by atoms with Crippen LogP contribution in [0.15, 0.2) is 54.6 Å². The summed E-state index contributed by atoms with van der Waals surface area (Å²) in [6, 6.07) is 14.1. The predicted molar refractivity (Wildman–Crippen MR) is 114 cm³/mol. The quantitative estimate of drug-likeness (QED) is 0.652. The summed E-state index contributed by atoms with van der Waals surface area (Å²) in [5.74, 6) is -3.37. The average Bonchev–Trinajstić information content (AvgIpc) is 2.76. The van der Waals surface area contributed by atoms with Crippen molar-refractivity contribution in [3.05, 3.63) is 60.2 Å². The summed E-state index contributed by atoms with van der Waals surface area (Å²) in [5, 5.41) is 19.5. The molecule has 1 fully saturated rings. The number of carbonyl (C=O) groups excluding carboxylic acids is 1. The van der Waals surface area contributed by atoms with Crippen molar-refractivity contribution in [1.82, 2.24) is 4.90 Å². The zero-order valence-electron chi connectivity index (χ0n) is 17.9. The second kappa shape index (κ2) is 10.1. The lowest BCUT2D eigenvalue weighted by Crippen LogP contribution is -2.57. The van der Waals surface area contributed by atoms with Crippen molar-refractivity contribution in [2.75, 3.05) is 24.5 Å². The van der Waals surface area contributed by atoms with Crippen molar-refractivity contribution < 1.29 is 37.7 Å². The molecule has 0 aliphatic carbocycles. The minimum Gasteiger partial charge on any atom is -0.479 e. The van der Waals surface area contributed by atoms with Crippen molar-refractivity contribution in [2.45, 2.75) is 31.9 Å². The van der Waals surface area contributed by atoms with E-state index in [1.54, 1.807) is 42.2 Å². The van der Waals surface area contributed by atoms with E-state index in [1.165, 1.54) is 24.3 Å². The summed E-state index contributed by atoms with van der Waals surface area (Å²) < 4.78 is 40.9. The van der Waals surface area contributed by atoms with Crippen molar-refractivity contribution in [1.29, 1.82) is 0 Å². The maximum atomic E-state index is 13.2. The highest BCUT2D eigenvalue weighted by Crippen LogP contribution is 2.27. The Bertz CT molecular complexity index is 953. The van der Waals surface area contributed by atoms with Gasteiger partial charge in [-0.3, -0.25) is 4.79 Å². The lowest BCUT2D eigenvalue weighted by molar-refractivity contribution is -0.274. The fraction of sp³-hybridized carbons (Fsp3) is 0.391. The van der Waals surface area contributed by atoms with Crippen molar-refractivity contribution in [2.24, 2.45) is 5.92 Å². The van der Waals surface area contributed by atoms with Gasteiger partial charge in [-0.1, -0.05) is 30.3 Å². The number of nitrogens with zero attached hydrogens (tertiary/aromatic N) is 2. The van der Waals surface area contributed by atoms with E-state index in [1.807, 2.05) is 4.90 Å². The second-order valence-corrected chi connectivity index (χ2v) is 7.95. The summed E-state index contributed by atoms with van der Waals surface area (Å²) in [6.07, 6.45) is -6.52. The minimum absolute atomic E-state index is 0.0841. The van der Waals surface area contributed by atoms with Crippen LogP contribution in [0.3, 0.4) is 0 Å². The number of aliphatic hydroxyl groups is 1. The van der Waals surface area contributed by atoms with Crippen LogP contribution in [-0.4, -0.2) is 65.1 Å². The van der Waals surface area contributed by atoms with E-state index in [-0.39, 0.29) is 24.8 Å². The number of hydrogen-bond acceptors (Lipinski definition) is 5. The van der Waals surface area contributed by atoms with E-state index in [4.69, 9.17) is 0 Å². The third-order valence-corrected chi connectivity index (χ3v) is 5.60. The molecule has 0 bridgehead atoms. The van der Waals surface area contributed by atoms with Gasteiger partial charge < -0.3 is 24.7 Å². The Morgan fingerprint density at radius 1 is 1.09 bits per heavy atom. The smallest absolute Gasteiger partial charge is 0.479 e. The number of hydrogen-bond donors (Lipinski definition) is 2. The van der Waals surface area contributed by atoms with Crippen LogP contribution >= 0.6 is 0 Å². The summed E-state index contributed by atoms with van der Waals surface area (Å²) in [7, 11) is 0. The topological polar surface area (TPSA) is 90.3 Å². The van der Waals surface area contributed by atoms with Crippen LogP contribution < -0.4 is 9.64 Å². The van der Waals surface area contributed by atoms with E-state index in [0.29, 0.717) is 18.8 Å². The molecule has 33 heavy (non-hydrogen) atoms. The van der Waals surface area contributed by atoms with Gasteiger partial charge in [0.1, 0.15) is 5.75 Å². The molecule has 1 aliphatic heterocycles. The molecular weight excluding hydrogens is 441 g/mol. The van der Waals surface area contributed by atoms with Crippen molar-refractivity contribution in [3.63, 3.8) is 0 Å². The second-order valence-electron chi connectivity index (χ2n) is 7.95. The zero-order valence-corrected chi connectivity index (χ0v) is 17.9. The van der Waals surface area contributed by atoms with E-state index >= 15 is 0 Å². The molecule has 0 aromatic heterocycles. The number of amides is 1. The molecule has 2 N–H and O–H groups in total. The molecule has 178 valence electrons. The highest BCUT2D eigenvalue weighted by atomic mass is 19.4. The molecule has 2 aromatic rings. The van der Waals surface area contributed by atoms with Gasteiger partial charge in [-0.25, -0.2) is 4.79 Å². The molecule has 3 rings (SSSR count). The normalized spacial score (nSPS) is 18.5. The van der Waals surface area contributed by atoms with Crippen LogP contribution in [0.1, 0.15) is 12.5 Å². The number of aliphatic carboxylic acids is 1. The SMILES string of the molecule is C[C@@H]1CN(c2ccc(OC(F)(F)F)cc2)CCN1C(=O)[C@@H](Cc1ccccc1)[C@H](O)C(=O)O. The fourth-order valence-corrected chi connectivity index (χ4v) is 3.97. The largest absolute Gasteiger partial charge is 0.573 e. The number of piperazine rings is 1.